The summed E-state index contributed by atoms with van der Waals surface area (Å²) >= 11 is 1.85. The lowest BCUT2D eigenvalue weighted by atomic mass is 10.2. The fourth-order valence-electron chi connectivity index (χ4n) is 1.65. The van der Waals surface area contributed by atoms with E-state index >= 15 is 0 Å². The maximum atomic E-state index is 12.8. The molecule has 0 bridgehead atoms. The largest absolute Gasteiger partial charge is 0.462 e. The first-order valence-electron chi connectivity index (χ1n) is 5.92. The molecule has 0 amide bonds. The van der Waals surface area contributed by atoms with Crippen molar-refractivity contribution < 1.29 is 27.5 Å². The van der Waals surface area contributed by atoms with Gasteiger partial charge in [-0.2, -0.15) is 23.2 Å². The number of benzene rings is 1. The fourth-order valence-corrected chi connectivity index (χ4v) is 2.09. The highest BCUT2D eigenvalue weighted by molar-refractivity contribution is 14.1. The van der Waals surface area contributed by atoms with E-state index < -0.39 is 17.7 Å². The summed E-state index contributed by atoms with van der Waals surface area (Å²) in [5.74, 6) is -1.17. The van der Waals surface area contributed by atoms with Gasteiger partial charge in [0.25, 0.3) is 0 Å². The van der Waals surface area contributed by atoms with Gasteiger partial charge in [-0.1, -0.05) is 6.07 Å². The van der Waals surface area contributed by atoms with Gasteiger partial charge in [0.2, 0.25) is 0 Å². The zero-order valence-electron chi connectivity index (χ0n) is 11.4. The minimum Gasteiger partial charge on any atom is -0.462 e. The van der Waals surface area contributed by atoms with Crippen molar-refractivity contribution in [1.29, 1.82) is 0 Å². The quantitative estimate of drug-likeness (QED) is 0.412. The molecule has 1 heterocycles. The molecule has 22 heavy (non-hydrogen) atoms. The Morgan fingerprint density at radius 3 is 2.68 bits per heavy atom. The molecule has 1 aromatic carbocycles. The van der Waals surface area contributed by atoms with Crippen molar-refractivity contribution in [3.05, 3.63) is 39.2 Å². The lowest BCUT2D eigenvalue weighted by molar-refractivity contribution is -0.137. The first kappa shape index (κ1) is 16.6. The van der Waals surface area contributed by atoms with Crippen molar-refractivity contribution in [1.82, 2.24) is 0 Å². The van der Waals surface area contributed by atoms with Gasteiger partial charge in [-0.05, 0) is 47.7 Å². The Balaban J connectivity index is 2.41. The Morgan fingerprint density at radius 2 is 2.09 bits per heavy atom. The normalized spacial score (nSPS) is 15.4. The van der Waals surface area contributed by atoms with E-state index in [0.717, 1.165) is 24.3 Å². The van der Waals surface area contributed by atoms with Crippen LogP contribution >= 0.6 is 22.6 Å². The zero-order chi connectivity index (χ0) is 16.5. The van der Waals surface area contributed by atoms with E-state index in [0.29, 0.717) is 9.40 Å². The number of rotatable bonds is 2. The molecule has 1 aromatic rings. The molecule has 0 aromatic heterocycles. The average molecular weight is 426 g/mol. The van der Waals surface area contributed by atoms with Gasteiger partial charge in [0.1, 0.15) is 3.70 Å². The van der Waals surface area contributed by atoms with Gasteiger partial charge in [0.05, 0.1) is 24.1 Å². The fraction of sp³-hybridized carbons (Fsp3) is 0.231. The lowest BCUT2D eigenvalue weighted by Gasteiger charge is -2.28. The molecule has 0 N–H and O–H groups in total. The van der Waals surface area contributed by atoms with Crippen LogP contribution in [0.1, 0.15) is 12.5 Å². The molecular weight excluding hydrogens is 416 g/mol. The number of ether oxygens (including phenoxy) is 1. The Morgan fingerprint density at radius 1 is 1.41 bits per heavy atom. The molecule has 1 aliphatic rings. The number of carbonyl (C=O) groups excluding carboxylic acids is 1. The summed E-state index contributed by atoms with van der Waals surface area (Å²) in [5, 5.41) is 1.11. The van der Waals surface area contributed by atoms with Gasteiger partial charge in [-0.25, -0.2) is 4.79 Å². The van der Waals surface area contributed by atoms with Crippen molar-refractivity contribution in [2.45, 2.75) is 13.1 Å². The number of nitrogens with zero attached hydrogens (tertiary/aromatic N) is 2. The number of hydroxylamine groups is 1. The van der Waals surface area contributed by atoms with Crippen LogP contribution in [0.25, 0.3) is 0 Å². The standard InChI is InChI=1S/C13H10F3IN2O3/c1-7-10(17)18-11(12(20)21-2)22-19(7)9-5-3-4-8(6-9)13(14,15)16/h3-6H,1-2H3. The van der Waals surface area contributed by atoms with Crippen LogP contribution in [0, 0.1) is 0 Å². The van der Waals surface area contributed by atoms with Crippen LogP contribution in [0.4, 0.5) is 18.9 Å². The molecule has 118 valence electrons. The van der Waals surface area contributed by atoms with E-state index in [2.05, 4.69) is 9.73 Å². The Labute approximate surface area is 137 Å². The summed E-state index contributed by atoms with van der Waals surface area (Å²) in [6, 6.07) is 4.56. The molecule has 5 nitrogen and oxygen atoms in total. The average Bonchev–Trinajstić information content (AvgIpc) is 2.48. The number of anilines is 1. The second-order valence-electron chi connectivity index (χ2n) is 4.22. The molecule has 1 aliphatic heterocycles. The van der Waals surface area contributed by atoms with Crippen LogP contribution in [-0.4, -0.2) is 19.0 Å². The van der Waals surface area contributed by atoms with Crippen LogP contribution < -0.4 is 5.06 Å². The molecule has 0 atom stereocenters. The highest BCUT2D eigenvalue weighted by atomic mass is 127. The number of alkyl halides is 3. The van der Waals surface area contributed by atoms with Crippen LogP contribution in [0.15, 0.2) is 38.7 Å². The third-order valence-corrected chi connectivity index (χ3v) is 3.77. The van der Waals surface area contributed by atoms with Crippen molar-refractivity contribution in [3.63, 3.8) is 0 Å². The van der Waals surface area contributed by atoms with Gasteiger partial charge < -0.3 is 9.57 Å². The molecule has 0 radical (unpaired) electrons. The number of halogens is 4. The summed E-state index contributed by atoms with van der Waals surface area (Å²) in [5.41, 5.74) is -0.246. The van der Waals surface area contributed by atoms with Crippen molar-refractivity contribution in [2.24, 2.45) is 4.99 Å². The van der Waals surface area contributed by atoms with E-state index in [4.69, 9.17) is 4.84 Å². The number of hydrogen-bond donors (Lipinski definition) is 0. The Kier molecular flexibility index (Phi) is 4.63. The number of aliphatic imine (C=N–C) groups is 1. The summed E-state index contributed by atoms with van der Waals surface area (Å²) in [4.78, 5) is 20.7. The van der Waals surface area contributed by atoms with E-state index in [1.807, 2.05) is 22.6 Å². The summed E-state index contributed by atoms with van der Waals surface area (Å²) in [6.07, 6.45) is -4.48. The third kappa shape index (κ3) is 3.34. The van der Waals surface area contributed by atoms with E-state index in [-0.39, 0.29) is 11.6 Å². The van der Waals surface area contributed by atoms with Crippen LogP contribution in [0.3, 0.4) is 0 Å². The molecule has 9 heteroatoms. The van der Waals surface area contributed by atoms with E-state index in [1.165, 1.54) is 12.1 Å². The zero-order valence-corrected chi connectivity index (χ0v) is 13.6. The van der Waals surface area contributed by atoms with Gasteiger partial charge in [0.15, 0.2) is 0 Å². The highest BCUT2D eigenvalue weighted by Crippen LogP contribution is 2.34. The molecule has 0 saturated carbocycles. The highest BCUT2D eigenvalue weighted by Gasteiger charge is 2.32. The second kappa shape index (κ2) is 6.15. The Hall–Kier alpha value is -1.78. The lowest BCUT2D eigenvalue weighted by Crippen LogP contribution is -2.34. The predicted octanol–water partition coefficient (Wildman–Crippen LogP) is 3.65. The van der Waals surface area contributed by atoms with Crippen LogP contribution in [0.5, 0.6) is 0 Å². The van der Waals surface area contributed by atoms with E-state index in [9.17, 15) is 18.0 Å². The first-order chi connectivity index (χ1) is 10.2. The van der Waals surface area contributed by atoms with Gasteiger partial charge in [-0.3, -0.25) is 0 Å². The number of esters is 1. The minimum absolute atomic E-state index is 0.123. The van der Waals surface area contributed by atoms with Crippen LogP contribution in [-0.2, 0) is 20.5 Å². The molecule has 2 rings (SSSR count). The first-order valence-corrected chi connectivity index (χ1v) is 7.00. The number of methoxy groups -OCH3 is 1. The smallest absolute Gasteiger partial charge is 0.416 e. The predicted molar refractivity (Wildman–Crippen MR) is 81.2 cm³/mol. The molecule has 0 unspecified atom stereocenters. The van der Waals surface area contributed by atoms with Crippen molar-refractivity contribution in [2.75, 3.05) is 12.2 Å². The Bertz CT molecular complexity index is 671. The van der Waals surface area contributed by atoms with Gasteiger partial charge >= 0.3 is 18.0 Å². The van der Waals surface area contributed by atoms with Crippen molar-refractivity contribution >= 4 is 40.1 Å². The molecule has 0 spiro atoms. The third-order valence-electron chi connectivity index (χ3n) is 2.75. The number of carbonyl (C=O) groups is 1. The van der Waals surface area contributed by atoms with Gasteiger partial charge in [-0.15, -0.1) is 0 Å². The monoisotopic (exact) mass is 426 g/mol. The summed E-state index contributed by atoms with van der Waals surface area (Å²) in [6.45, 7) is 1.61. The molecular formula is C13H10F3IN2O3. The SMILES string of the molecule is COC(=O)C1=NC(I)=C(C)N(c2cccc(C(F)(F)F)c2)O1. The second-order valence-corrected chi connectivity index (χ2v) is 5.24. The number of allylic oxidation sites excluding steroid dienone is 1. The minimum atomic E-state index is -4.48. The van der Waals surface area contributed by atoms with Gasteiger partial charge in [0, 0.05) is 0 Å². The topological polar surface area (TPSA) is 51.1 Å². The summed E-state index contributed by atoms with van der Waals surface area (Å²) < 4.78 is 43.3. The summed E-state index contributed by atoms with van der Waals surface area (Å²) in [7, 11) is 1.15. The van der Waals surface area contributed by atoms with Crippen molar-refractivity contribution in [3.8, 4) is 0 Å². The molecule has 0 fully saturated rings. The van der Waals surface area contributed by atoms with Crippen LogP contribution in [0.2, 0.25) is 0 Å². The molecule has 0 saturated heterocycles. The number of hydrogen-bond acceptors (Lipinski definition) is 5. The van der Waals surface area contributed by atoms with E-state index in [1.54, 1.807) is 6.92 Å². The maximum Gasteiger partial charge on any atom is 0.416 e. The maximum absolute atomic E-state index is 12.8. The molecule has 0 aliphatic carbocycles.